The number of Topliss-reactive ketones (excluding diaryl/α,β-unsaturated/α-hetero) is 1. The third kappa shape index (κ3) is 4.10. The highest BCUT2D eigenvalue weighted by Crippen LogP contribution is 2.43. The van der Waals surface area contributed by atoms with Gasteiger partial charge in [-0.25, -0.2) is 0 Å². The molecular weight excluding hydrogens is 422 g/mol. The fourth-order valence-corrected chi connectivity index (χ4v) is 5.50. The Hall–Kier alpha value is -1.30. The Balaban J connectivity index is 1.69. The number of halogens is 1. The number of fused-ring (bicyclic) bond motifs is 1. The second-order valence-electron chi connectivity index (χ2n) is 7.50. The van der Waals surface area contributed by atoms with Crippen molar-refractivity contribution in [3.8, 4) is 5.75 Å². The Bertz CT molecular complexity index is 833. The van der Waals surface area contributed by atoms with E-state index in [1.54, 1.807) is 11.8 Å². The zero-order chi connectivity index (χ0) is 18.9. The smallest absolute Gasteiger partial charge is 0.187 e. The third-order valence-corrected chi connectivity index (χ3v) is 7.15. The fourth-order valence-electron chi connectivity index (χ4n) is 3.85. The van der Waals surface area contributed by atoms with Crippen LogP contribution in [-0.2, 0) is 0 Å². The molecule has 1 saturated heterocycles. The number of aryl methyl sites for hydroxylation is 1. The molecule has 1 atom stereocenters. The molecule has 27 heavy (non-hydrogen) atoms. The normalized spacial score (nSPS) is 23.0. The summed E-state index contributed by atoms with van der Waals surface area (Å²) in [6.45, 7) is 5.36. The average Bonchev–Trinajstić information content (AvgIpc) is 2.68. The maximum atomic E-state index is 13.7. The van der Waals surface area contributed by atoms with Crippen LogP contribution in [0.1, 0.15) is 35.2 Å². The number of rotatable bonds is 4. The van der Waals surface area contributed by atoms with E-state index in [1.807, 2.05) is 18.2 Å². The molecule has 2 aromatic rings. The van der Waals surface area contributed by atoms with Crippen LogP contribution in [0, 0.1) is 6.92 Å². The number of carbonyl (C=O) groups is 1. The van der Waals surface area contributed by atoms with Gasteiger partial charge >= 0.3 is 0 Å². The lowest BCUT2D eigenvalue weighted by Gasteiger charge is -2.40. The molecule has 142 valence electrons. The number of carbonyl (C=O) groups excluding carboxylic acids is 1. The van der Waals surface area contributed by atoms with Crippen LogP contribution < -0.4 is 4.74 Å². The van der Waals surface area contributed by atoms with Crippen molar-refractivity contribution in [1.82, 2.24) is 4.90 Å². The second kappa shape index (κ2) is 7.98. The summed E-state index contributed by atoms with van der Waals surface area (Å²) in [7, 11) is 0. The van der Waals surface area contributed by atoms with Crippen molar-refractivity contribution in [3.05, 3.63) is 58.1 Å². The lowest BCUT2D eigenvalue weighted by Crippen LogP contribution is -2.53. The topological polar surface area (TPSA) is 29.5 Å². The number of ketones is 1. The number of piperidine rings is 1. The first-order valence-electron chi connectivity index (χ1n) is 9.51. The number of nitrogens with zero attached hydrogens (tertiary/aromatic N) is 1. The van der Waals surface area contributed by atoms with Gasteiger partial charge in [-0.1, -0.05) is 40.0 Å². The predicted octanol–water partition coefficient (Wildman–Crippen LogP) is 5.35. The minimum atomic E-state index is -0.611. The first-order valence-corrected chi connectivity index (χ1v) is 11.1. The summed E-state index contributed by atoms with van der Waals surface area (Å²) in [4.78, 5) is 17.2. The van der Waals surface area contributed by atoms with E-state index < -0.39 is 4.75 Å². The molecule has 2 aliphatic rings. The van der Waals surface area contributed by atoms with Gasteiger partial charge in [-0.2, -0.15) is 0 Å². The summed E-state index contributed by atoms with van der Waals surface area (Å²) in [5.74, 6) is 0.878. The Kier molecular flexibility index (Phi) is 5.62. The Morgan fingerprint density at radius 1 is 1.11 bits per heavy atom. The van der Waals surface area contributed by atoms with Crippen LogP contribution in [0.4, 0.5) is 0 Å². The Labute approximate surface area is 173 Å². The standard InChI is InChI=1S/C22H24BrNO2S/c1-16-5-8-18(9-6-16)27-22(14-24-11-3-2-4-12-24)15-26-20-10-7-17(23)13-19(20)21(22)25/h5-10,13H,2-4,11-12,14-15H2,1H3/t22-/m0/s1. The molecule has 2 aliphatic heterocycles. The van der Waals surface area contributed by atoms with E-state index in [0.29, 0.717) is 17.9 Å². The van der Waals surface area contributed by atoms with Gasteiger partial charge in [0.05, 0.1) is 5.56 Å². The Morgan fingerprint density at radius 2 is 1.85 bits per heavy atom. The summed E-state index contributed by atoms with van der Waals surface area (Å²) in [5, 5.41) is 0. The van der Waals surface area contributed by atoms with Crippen molar-refractivity contribution >= 4 is 33.5 Å². The summed E-state index contributed by atoms with van der Waals surface area (Å²) >= 11 is 5.16. The van der Waals surface area contributed by atoms with Gasteiger partial charge in [0.15, 0.2) is 5.78 Å². The van der Waals surface area contributed by atoms with Gasteiger partial charge in [0.2, 0.25) is 0 Å². The molecule has 1 fully saturated rings. The summed E-state index contributed by atoms with van der Waals surface area (Å²) in [6, 6.07) is 14.2. The van der Waals surface area contributed by atoms with Gasteiger partial charge in [-0.05, 0) is 63.2 Å². The lowest BCUT2D eigenvalue weighted by molar-refractivity contribution is 0.0807. The van der Waals surface area contributed by atoms with E-state index in [2.05, 4.69) is 52.0 Å². The maximum Gasteiger partial charge on any atom is 0.187 e. The molecule has 0 spiro atoms. The summed E-state index contributed by atoms with van der Waals surface area (Å²) in [5.41, 5.74) is 1.91. The molecular formula is C22H24BrNO2S. The van der Waals surface area contributed by atoms with E-state index in [1.165, 1.54) is 24.8 Å². The van der Waals surface area contributed by atoms with Crippen LogP contribution in [0.5, 0.6) is 5.75 Å². The first-order chi connectivity index (χ1) is 13.1. The number of hydrogen-bond donors (Lipinski definition) is 0. The number of likely N-dealkylation sites (tertiary alicyclic amines) is 1. The van der Waals surface area contributed by atoms with Crippen molar-refractivity contribution < 1.29 is 9.53 Å². The van der Waals surface area contributed by atoms with Crippen molar-refractivity contribution in [2.24, 2.45) is 0 Å². The molecule has 3 nitrogen and oxygen atoms in total. The van der Waals surface area contributed by atoms with Gasteiger partial charge < -0.3 is 9.64 Å². The van der Waals surface area contributed by atoms with E-state index in [-0.39, 0.29) is 5.78 Å². The molecule has 0 N–H and O–H groups in total. The number of thioether (sulfide) groups is 1. The zero-order valence-electron chi connectivity index (χ0n) is 15.5. The second-order valence-corrected chi connectivity index (χ2v) is 9.88. The van der Waals surface area contributed by atoms with E-state index in [9.17, 15) is 4.79 Å². The van der Waals surface area contributed by atoms with Gasteiger partial charge in [0.25, 0.3) is 0 Å². The molecule has 0 aliphatic carbocycles. The molecule has 0 amide bonds. The number of benzene rings is 2. The quantitative estimate of drug-likeness (QED) is 0.634. The van der Waals surface area contributed by atoms with Crippen molar-refractivity contribution in [2.45, 2.75) is 35.8 Å². The maximum absolute atomic E-state index is 13.7. The van der Waals surface area contributed by atoms with Crippen LogP contribution >= 0.6 is 27.7 Å². The molecule has 0 aromatic heterocycles. The fraction of sp³-hybridized carbons (Fsp3) is 0.409. The lowest BCUT2D eigenvalue weighted by atomic mass is 9.93. The van der Waals surface area contributed by atoms with Gasteiger partial charge in [-0.15, -0.1) is 11.8 Å². The van der Waals surface area contributed by atoms with Gasteiger partial charge in [0, 0.05) is 15.9 Å². The molecule has 0 unspecified atom stereocenters. The summed E-state index contributed by atoms with van der Waals surface area (Å²) in [6.07, 6.45) is 3.71. The van der Waals surface area contributed by atoms with Gasteiger partial charge in [0.1, 0.15) is 17.1 Å². The van der Waals surface area contributed by atoms with E-state index >= 15 is 0 Å². The molecule has 2 aromatic carbocycles. The first kappa shape index (κ1) is 19.0. The van der Waals surface area contributed by atoms with Crippen molar-refractivity contribution in [1.29, 1.82) is 0 Å². The molecule has 0 bridgehead atoms. The predicted molar refractivity (Wildman–Crippen MR) is 114 cm³/mol. The molecule has 5 heteroatoms. The van der Waals surface area contributed by atoms with Crippen molar-refractivity contribution in [3.63, 3.8) is 0 Å². The van der Waals surface area contributed by atoms with Crippen LogP contribution in [-0.4, -0.2) is 41.7 Å². The van der Waals surface area contributed by atoms with Crippen LogP contribution in [0.15, 0.2) is 51.8 Å². The average molecular weight is 446 g/mol. The van der Waals surface area contributed by atoms with E-state index in [0.717, 1.165) is 29.0 Å². The largest absolute Gasteiger partial charge is 0.491 e. The highest BCUT2D eigenvalue weighted by molar-refractivity contribution is 9.10. The highest BCUT2D eigenvalue weighted by atomic mass is 79.9. The monoisotopic (exact) mass is 445 g/mol. The molecule has 2 heterocycles. The SMILES string of the molecule is Cc1ccc(S[C@@]2(CN3CCCCC3)COc3ccc(Br)cc3C2=O)cc1. The highest BCUT2D eigenvalue weighted by Gasteiger charge is 2.46. The minimum Gasteiger partial charge on any atom is -0.491 e. The van der Waals surface area contributed by atoms with E-state index in [4.69, 9.17) is 4.74 Å². The van der Waals surface area contributed by atoms with Gasteiger partial charge in [-0.3, -0.25) is 4.79 Å². The van der Waals surface area contributed by atoms with Crippen LogP contribution in [0.2, 0.25) is 0 Å². The Morgan fingerprint density at radius 3 is 2.59 bits per heavy atom. The van der Waals surface area contributed by atoms with Crippen molar-refractivity contribution in [2.75, 3.05) is 26.2 Å². The molecule has 0 saturated carbocycles. The molecule has 0 radical (unpaired) electrons. The van der Waals surface area contributed by atoms with Crippen LogP contribution in [0.25, 0.3) is 0 Å². The number of hydrogen-bond acceptors (Lipinski definition) is 4. The van der Waals surface area contributed by atoms with Crippen LogP contribution in [0.3, 0.4) is 0 Å². The third-order valence-electron chi connectivity index (χ3n) is 5.32. The molecule has 4 rings (SSSR count). The zero-order valence-corrected chi connectivity index (χ0v) is 17.9. The minimum absolute atomic E-state index is 0.182. The number of ether oxygens (including phenoxy) is 1. The summed E-state index contributed by atoms with van der Waals surface area (Å²) < 4.78 is 6.41.